The van der Waals surface area contributed by atoms with Crippen LogP contribution in [0.2, 0.25) is 0 Å². The van der Waals surface area contributed by atoms with Gasteiger partial charge in [-0.3, -0.25) is 0 Å². The van der Waals surface area contributed by atoms with E-state index >= 15 is 0 Å². The van der Waals surface area contributed by atoms with E-state index < -0.39 is 0 Å². The Kier molecular flexibility index (Phi) is 1.12. The maximum atomic E-state index is 5.18. The van der Waals surface area contributed by atoms with Crippen LogP contribution in [0.4, 0.5) is 0 Å². The molecule has 0 aromatic heterocycles. The molecular weight excluding hydrogens is 92.1 g/mol. The standard InChI is InChI=1S/C3H6N4/c4-1-3-2-5-7-6-3/h1-2,4H2. The molecule has 0 atom stereocenters. The van der Waals surface area contributed by atoms with Crippen LogP contribution in [0.3, 0.4) is 0 Å². The van der Waals surface area contributed by atoms with E-state index in [-0.39, 0.29) is 0 Å². The van der Waals surface area contributed by atoms with Gasteiger partial charge in [0.1, 0.15) is 6.54 Å². The first-order valence-electron chi connectivity index (χ1n) is 2.06. The predicted molar refractivity (Wildman–Crippen MR) is 26.2 cm³/mol. The summed E-state index contributed by atoms with van der Waals surface area (Å²) in [6.45, 7) is 1.07. The minimum Gasteiger partial charge on any atom is -0.325 e. The summed E-state index contributed by atoms with van der Waals surface area (Å²) in [4.78, 5) is 0. The van der Waals surface area contributed by atoms with E-state index in [4.69, 9.17) is 5.73 Å². The van der Waals surface area contributed by atoms with Crippen LogP contribution in [0.25, 0.3) is 0 Å². The minimum atomic E-state index is 0.479. The number of rotatable bonds is 1. The van der Waals surface area contributed by atoms with Crippen molar-refractivity contribution in [1.29, 1.82) is 0 Å². The van der Waals surface area contributed by atoms with Crippen LogP contribution in [-0.2, 0) is 0 Å². The maximum absolute atomic E-state index is 5.18. The van der Waals surface area contributed by atoms with Crippen molar-refractivity contribution in [2.45, 2.75) is 0 Å². The molecule has 1 aliphatic heterocycles. The van der Waals surface area contributed by atoms with Gasteiger partial charge in [0.15, 0.2) is 0 Å². The van der Waals surface area contributed by atoms with E-state index in [0.29, 0.717) is 13.1 Å². The van der Waals surface area contributed by atoms with E-state index in [1.165, 1.54) is 0 Å². The predicted octanol–water partition coefficient (Wildman–Crippen LogP) is -0.233. The molecule has 0 bridgehead atoms. The Hall–Kier alpha value is -0.770. The van der Waals surface area contributed by atoms with Crippen molar-refractivity contribution in [3.05, 3.63) is 0 Å². The van der Waals surface area contributed by atoms with Crippen molar-refractivity contribution < 1.29 is 0 Å². The minimum absolute atomic E-state index is 0.479. The molecule has 0 fully saturated rings. The smallest absolute Gasteiger partial charge is 0.104 e. The second-order valence-electron chi connectivity index (χ2n) is 1.26. The van der Waals surface area contributed by atoms with Crippen molar-refractivity contribution >= 4 is 5.71 Å². The van der Waals surface area contributed by atoms with Crippen LogP contribution >= 0.6 is 0 Å². The van der Waals surface area contributed by atoms with Gasteiger partial charge in [-0.15, -0.1) is 5.10 Å². The summed E-state index contributed by atoms with van der Waals surface area (Å²) in [7, 11) is 0. The monoisotopic (exact) mass is 98.1 g/mol. The van der Waals surface area contributed by atoms with E-state index in [1.807, 2.05) is 0 Å². The quantitative estimate of drug-likeness (QED) is 0.483. The fraction of sp³-hybridized carbons (Fsp3) is 0.667. The van der Waals surface area contributed by atoms with Gasteiger partial charge in [0.2, 0.25) is 0 Å². The molecule has 0 spiro atoms. The van der Waals surface area contributed by atoms with E-state index in [2.05, 4.69) is 15.4 Å². The number of hydrogen-bond acceptors (Lipinski definition) is 4. The molecule has 7 heavy (non-hydrogen) atoms. The molecule has 38 valence electrons. The Bertz CT molecular complexity index is 114. The van der Waals surface area contributed by atoms with Gasteiger partial charge in [0, 0.05) is 6.54 Å². The largest absolute Gasteiger partial charge is 0.325 e. The molecule has 1 heterocycles. The highest BCUT2D eigenvalue weighted by Gasteiger charge is 1.97. The lowest BCUT2D eigenvalue weighted by atomic mass is 10.4. The summed E-state index contributed by atoms with van der Waals surface area (Å²) in [6.07, 6.45) is 0. The first-order chi connectivity index (χ1) is 3.43. The Morgan fingerprint density at radius 2 is 2.57 bits per heavy atom. The Labute approximate surface area is 41.1 Å². The van der Waals surface area contributed by atoms with Gasteiger partial charge < -0.3 is 5.73 Å². The van der Waals surface area contributed by atoms with Gasteiger partial charge >= 0.3 is 0 Å². The molecule has 0 amide bonds. The molecule has 0 unspecified atom stereocenters. The zero-order chi connectivity index (χ0) is 5.11. The fourth-order valence-electron chi connectivity index (χ4n) is 0.345. The van der Waals surface area contributed by atoms with E-state index in [0.717, 1.165) is 5.71 Å². The molecule has 0 radical (unpaired) electrons. The Morgan fingerprint density at radius 3 is 2.86 bits per heavy atom. The van der Waals surface area contributed by atoms with Gasteiger partial charge in [-0.2, -0.15) is 5.11 Å². The molecule has 0 saturated carbocycles. The lowest BCUT2D eigenvalue weighted by Gasteiger charge is -1.82. The third-order valence-electron chi connectivity index (χ3n) is 0.738. The van der Waals surface area contributed by atoms with Crippen LogP contribution in [-0.4, -0.2) is 18.8 Å². The fourth-order valence-corrected chi connectivity index (χ4v) is 0.345. The summed E-state index contributed by atoms with van der Waals surface area (Å²) < 4.78 is 0. The Morgan fingerprint density at radius 1 is 1.71 bits per heavy atom. The zero-order valence-corrected chi connectivity index (χ0v) is 3.83. The molecule has 0 saturated heterocycles. The van der Waals surface area contributed by atoms with Crippen molar-refractivity contribution in [3.63, 3.8) is 0 Å². The average Bonchev–Trinajstić information content (AvgIpc) is 2.14. The van der Waals surface area contributed by atoms with Crippen molar-refractivity contribution in [1.82, 2.24) is 0 Å². The summed E-state index contributed by atoms with van der Waals surface area (Å²) in [5.41, 5.74) is 6.04. The zero-order valence-electron chi connectivity index (χ0n) is 3.83. The molecular formula is C3H6N4. The first kappa shape index (κ1) is 4.39. The molecule has 0 aromatic rings. The van der Waals surface area contributed by atoms with Crippen molar-refractivity contribution in [2.24, 2.45) is 21.2 Å². The van der Waals surface area contributed by atoms with E-state index in [9.17, 15) is 0 Å². The van der Waals surface area contributed by atoms with Crippen LogP contribution in [0.1, 0.15) is 0 Å². The van der Waals surface area contributed by atoms with Crippen LogP contribution < -0.4 is 5.73 Å². The SMILES string of the molecule is NCC1=NN=NC1. The van der Waals surface area contributed by atoms with Crippen molar-refractivity contribution in [3.8, 4) is 0 Å². The molecule has 4 heteroatoms. The van der Waals surface area contributed by atoms with Gasteiger partial charge in [-0.1, -0.05) is 0 Å². The number of hydrogen-bond donors (Lipinski definition) is 1. The molecule has 1 aliphatic rings. The highest BCUT2D eigenvalue weighted by atomic mass is 15.4. The number of nitrogens with two attached hydrogens (primary N) is 1. The normalized spacial score (nSPS) is 17.6. The first-order valence-corrected chi connectivity index (χ1v) is 2.06. The molecule has 1 rings (SSSR count). The summed E-state index contributed by atoms with van der Waals surface area (Å²) in [5.74, 6) is 0. The topological polar surface area (TPSA) is 63.1 Å². The number of nitrogens with zero attached hydrogens (tertiary/aromatic N) is 3. The summed E-state index contributed by atoms with van der Waals surface area (Å²) in [6, 6.07) is 0. The lowest BCUT2D eigenvalue weighted by Crippen LogP contribution is -2.13. The van der Waals surface area contributed by atoms with Gasteiger partial charge in [0.25, 0.3) is 0 Å². The highest BCUT2D eigenvalue weighted by Crippen LogP contribution is 1.90. The van der Waals surface area contributed by atoms with Crippen LogP contribution in [0, 0.1) is 0 Å². The molecule has 0 aromatic carbocycles. The Balaban J connectivity index is 2.45. The van der Waals surface area contributed by atoms with Crippen molar-refractivity contribution in [2.75, 3.05) is 13.1 Å². The third kappa shape index (κ3) is 0.806. The van der Waals surface area contributed by atoms with Crippen LogP contribution in [0.15, 0.2) is 15.4 Å². The molecule has 2 N–H and O–H groups in total. The maximum Gasteiger partial charge on any atom is 0.104 e. The highest BCUT2D eigenvalue weighted by molar-refractivity contribution is 5.88. The third-order valence-corrected chi connectivity index (χ3v) is 0.738. The van der Waals surface area contributed by atoms with E-state index in [1.54, 1.807) is 0 Å². The average molecular weight is 98.1 g/mol. The van der Waals surface area contributed by atoms with Gasteiger partial charge in [-0.05, 0) is 5.22 Å². The summed E-state index contributed by atoms with van der Waals surface area (Å²) >= 11 is 0. The molecule has 0 aliphatic carbocycles. The van der Waals surface area contributed by atoms with Gasteiger partial charge in [0.05, 0.1) is 5.71 Å². The summed E-state index contributed by atoms with van der Waals surface area (Å²) in [5, 5.41) is 10.5. The van der Waals surface area contributed by atoms with Crippen LogP contribution in [0.5, 0.6) is 0 Å². The lowest BCUT2D eigenvalue weighted by molar-refractivity contribution is 1.06. The second-order valence-corrected chi connectivity index (χ2v) is 1.26. The van der Waals surface area contributed by atoms with Gasteiger partial charge in [-0.25, -0.2) is 0 Å². The second kappa shape index (κ2) is 1.79. The molecule has 4 nitrogen and oxygen atoms in total.